The molecule has 3 rings (SSSR count). The first-order valence-electron chi connectivity index (χ1n) is 10.1. The van der Waals surface area contributed by atoms with Gasteiger partial charge >= 0.3 is 5.97 Å². The number of nitrogens with one attached hydrogen (secondary N) is 1. The molecule has 1 N–H and O–H groups in total. The van der Waals surface area contributed by atoms with E-state index in [1.165, 1.54) is 0 Å². The number of ether oxygens (including phenoxy) is 2. The molecule has 1 aromatic heterocycles. The molecule has 0 spiro atoms. The van der Waals surface area contributed by atoms with Gasteiger partial charge in [0.15, 0.2) is 0 Å². The molecule has 0 saturated carbocycles. The van der Waals surface area contributed by atoms with Crippen molar-refractivity contribution in [2.75, 3.05) is 26.8 Å². The predicted molar refractivity (Wildman–Crippen MR) is 108 cm³/mol. The van der Waals surface area contributed by atoms with Crippen molar-refractivity contribution in [3.05, 3.63) is 47.8 Å². The average molecular weight is 399 g/mol. The molecule has 1 fully saturated rings. The highest BCUT2D eigenvalue weighted by molar-refractivity contribution is 5.81. The van der Waals surface area contributed by atoms with Crippen molar-refractivity contribution in [3.63, 3.8) is 0 Å². The number of aryl methyl sites for hydroxylation is 1. The minimum absolute atomic E-state index is 0.0604. The van der Waals surface area contributed by atoms with E-state index in [0.717, 1.165) is 23.3 Å². The molecule has 1 aliphatic rings. The lowest BCUT2D eigenvalue weighted by Gasteiger charge is -2.41. The van der Waals surface area contributed by atoms with Gasteiger partial charge < -0.3 is 14.4 Å². The molecular formula is C22H29N3O4. The van der Waals surface area contributed by atoms with Crippen molar-refractivity contribution in [2.24, 2.45) is 5.41 Å². The van der Waals surface area contributed by atoms with Crippen LogP contribution in [0.1, 0.15) is 37.3 Å². The van der Waals surface area contributed by atoms with E-state index in [1.807, 2.05) is 36.1 Å². The molecule has 1 saturated heterocycles. The first-order valence-corrected chi connectivity index (χ1v) is 10.1. The normalized spacial score (nSPS) is 19.0. The number of H-pyrrole nitrogens is 1. The maximum absolute atomic E-state index is 13.0. The molecule has 1 amide bonds. The maximum atomic E-state index is 13.0. The van der Waals surface area contributed by atoms with Crippen LogP contribution in [0.25, 0.3) is 0 Å². The van der Waals surface area contributed by atoms with Gasteiger partial charge in [-0.2, -0.15) is 5.10 Å². The number of carbonyl (C=O) groups excluding carboxylic acids is 2. The Bertz CT molecular complexity index is 821. The monoisotopic (exact) mass is 399 g/mol. The second kappa shape index (κ2) is 9.58. The number of methoxy groups -OCH3 is 1. The van der Waals surface area contributed by atoms with E-state index in [1.54, 1.807) is 19.5 Å². The van der Waals surface area contributed by atoms with E-state index in [4.69, 9.17) is 9.47 Å². The highest BCUT2D eigenvalue weighted by atomic mass is 16.5. The maximum Gasteiger partial charge on any atom is 0.314 e. The minimum Gasteiger partial charge on any atom is -0.497 e. The summed E-state index contributed by atoms with van der Waals surface area (Å²) in [6.07, 6.45) is 6.57. The van der Waals surface area contributed by atoms with Gasteiger partial charge in [0.05, 0.1) is 25.3 Å². The molecule has 7 heteroatoms. The van der Waals surface area contributed by atoms with E-state index in [9.17, 15) is 9.59 Å². The number of hydrogen-bond donors (Lipinski definition) is 1. The number of aromatic nitrogens is 2. The summed E-state index contributed by atoms with van der Waals surface area (Å²) in [5.41, 5.74) is 1.28. The molecule has 1 unspecified atom stereocenters. The van der Waals surface area contributed by atoms with E-state index >= 15 is 0 Å². The molecule has 156 valence electrons. The van der Waals surface area contributed by atoms with Gasteiger partial charge in [0.25, 0.3) is 0 Å². The van der Waals surface area contributed by atoms with Gasteiger partial charge in [-0.1, -0.05) is 12.1 Å². The molecule has 7 nitrogen and oxygen atoms in total. The fourth-order valence-corrected chi connectivity index (χ4v) is 4.01. The number of amides is 1. The molecule has 2 heterocycles. The minimum atomic E-state index is -0.730. The van der Waals surface area contributed by atoms with Crippen LogP contribution in [-0.2, 0) is 27.2 Å². The third-order valence-electron chi connectivity index (χ3n) is 5.50. The van der Waals surface area contributed by atoms with Crippen LogP contribution in [0.3, 0.4) is 0 Å². The van der Waals surface area contributed by atoms with Gasteiger partial charge in [0.1, 0.15) is 5.75 Å². The topological polar surface area (TPSA) is 84.5 Å². The average Bonchev–Trinajstić information content (AvgIpc) is 3.26. The van der Waals surface area contributed by atoms with Gasteiger partial charge in [0.2, 0.25) is 5.91 Å². The van der Waals surface area contributed by atoms with Crippen LogP contribution in [0.15, 0.2) is 36.7 Å². The summed E-state index contributed by atoms with van der Waals surface area (Å²) in [5.74, 6) is 0.589. The molecule has 1 atom stereocenters. The Morgan fingerprint density at radius 1 is 1.31 bits per heavy atom. The van der Waals surface area contributed by atoms with Crippen molar-refractivity contribution in [1.29, 1.82) is 0 Å². The van der Waals surface area contributed by atoms with Crippen molar-refractivity contribution >= 4 is 11.9 Å². The summed E-state index contributed by atoms with van der Waals surface area (Å²) >= 11 is 0. The van der Waals surface area contributed by atoms with Crippen LogP contribution in [0.5, 0.6) is 5.75 Å². The van der Waals surface area contributed by atoms with E-state index in [0.29, 0.717) is 45.4 Å². The fraction of sp³-hybridized carbons (Fsp3) is 0.500. The first kappa shape index (κ1) is 20.9. The quantitative estimate of drug-likeness (QED) is 0.690. The van der Waals surface area contributed by atoms with Gasteiger partial charge in [-0.05, 0) is 55.9 Å². The molecule has 29 heavy (non-hydrogen) atoms. The Balaban J connectivity index is 1.75. The largest absolute Gasteiger partial charge is 0.497 e. The Hall–Kier alpha value is -2.83. The van der Waals surface area contributed by atoms with Crippen LogP contribution >= 0.6 is 0 Å². The van der Waals surface area contributed by atoms with Crippen molar-refractivity contribution in [3.8, 4) is 5.75 Å². The SMILES string of the molecule is CCOC(=O)C1(Cc2cccc(OC)c2)CCCN(C(=O)CCc2cn[nH]c2)C1. The predicted octanol–water partition coefficient (Wildman–Crippen LogP) is 2.77. The zero-order chi connectivity index (χ0) is 20.7. The second-order valence-corrected chi connectivity index (χ2v) is 7.55. The number of hydrogen-bond acceptors (Lipinski definition) is 5. The smallest absolute Gasteiger partial charge is 0.314 e. The number of aromatic amines is 1. The van der Waals surface area contributed by atoms with Crippen LogP contribution in [0.4, 0.5) is 0 Å². The second-order valence-electron chi connectivity index (χ2n) is 7.55. The van der Waals surface area contributed by atoms with E-state index in [2.05, 4.69) is 10.2 Å². The van der Waals surface area contributed by atoms with Crippen molar-refractivity contribution in [1.82, 2.24) is 15.1 Å². The zero-order valence-electron chi connectivity index (χ0n) is 17.1. The number of rotatable bonds is 8. The summed E-state index contributed by atoms with van der Waals surface area (Å²) < 4.78 is 10.8. The molecule has 2 aromatic rings. The summed E-state index contributed by atoms with van der Waals surface area (Å²) in [5, 5.41) is 6.68. The number of likely N-dealkylation sites (tertiary alicyclic amines) is 1. The number of esters is 1. The number of carbonyl (C=O) groups is 2. The Kier molecular flexibility index (Phi) is 6.90. The Morgan fingerprint density at radius 2 is 2.17 bits per heavy atom. The third kappa shape index (κ3) is 5.16. The third-order valence-corrected chi connectivity index (χ3v) is 5.50. The zero-order valence-corrected chi connectivity index (χ0v) is 17.1. The van der Waals surface area contributed by atoms with Gasteiger partial charge in [-0.25, -0.2) is 0 Å². The van der Waals surface area contributed by atoms with Gasteiger partial charge in [-0.15, -0.1) is 0 Å². The molecule has 0 radical (unpaired) electrons. The van der Waals surface area contributed by atoms with Crippen LogP contribution < -0.4 is 4.74 Å². The number of benzene rings is 1. The lowest BCUT2D eigenvalue weighted by atomic mass is 9.75. The Labute approximate surface area is 171 Å². The van der Waals surface area contributed by atoms with E-state index < -0.39 is 5.41 Å². The summed E-state index contributed by atoms with van der Waals surface area (Å²) in [7, 11) is 1.63. The molecule has 1 aromatic carbocycles. The highest BCUT2D eigenvalue weighted by Crippen LogP contribution is 2.36. The van der Waals surface area contributed by atoms with Gasteiger partial charge in [-0.3, -0.25) is 14.7 Å². The van der Waals surface area contributed by atoms with Crippen molar-refractivity contribution in [2.45, 2.75) is 39.0 Å². The summed E-state index contributed by atoms with van der Waals surface area (Å²) in [4.78, 5) is 27.6. The summed E-state index contributed by atoms with van der Waals surface area (Å²) in [6, 6.07) is 7.74. The highest BCUT2D eigenvalue weighted by Gasteiger charge is 2.44. The van der Waals surface area contributed by atoms with Crippen LogP contribution in [-0.4, -0.2) is 53.8 Å². The van der Waals surface area contributed by atoms with Crippen molar-refractivity contribution < 1.29 is 19.1 Å². The van der Waals surface area contributed by atoms with Gasteiger partial charge in [0, 0.05) is 25.7 Å². The van der Waals surface area contributed by atoms with Crippen LogP contribution in [0, 0.1) is 5.41 Å². The molecule has 0 aliphatic carbocycles. The van der Waals surface area contributed by atoms with Crippen LogP contribution in [0.2, 0.25) is 0 Å². The first-order chi connectivity index (χ1) is 14.1. The molecule has 0 bridgehead atoms. The lowest BCUT2D eigenvalue weighted by molar-refractivity contribution is -0.160. The lowest BCUT2D eigenvalue weighted by Crippen LogP contribution is -2.51. The Morgan fingerprint density at radius 3 is 2.90 bits per heavy atom. The molecule has 1 aliphatic heterocycles. The fourth-order valence-electron chi connectivity index (χ4n) is 4.01. The van der Waals surface area contributed by atoms with E-state index in [-0.39, 0.29) is 11.9 Å². The standard InChI is InChI=1S/C22H29N3O4/c1-3-29-21(27)22(13-17-6-4-7-19(12-17)28-2)10-5-11-25(16-22)20(26)9-8-18-14-23-24-15-18/h4,6-7,12,14-15H,3,5,8-11,13,16H2,1-2H3,(H,23,24). The number of piperidine rings is 1. The molecular weight excluding hydrogens is 370 g/mol. The summed E-state index contributed by atoms with van der Waals surface area (Å²) in [6.45, 7) is 3.19. The number of nitrogens with zero attached hydrogens (tertiary/aromatic N) is 2.